The fourth-order valence-corrected chi connectivity index (χ4v) is 9.91. The number of nitrogens with zero attached hydrogens (tertiary/aromatic N) is 10. The SMILES string of the molecule is CN(C)c1cccc(O)c1.CN(C)c1cccc(O[C](=[Zn])/C(Oc2cccc(N(C)C)c2)=C(/Oc2cccc(N(C)C)c2)c2[c-]c3nc4nc(nc5[nH]c(nc6nc(nc2[nH]3)-c2ccccc2-6)c2ccccc52)-c2ccccc2-4)c1. The predicted octanol–water partition coefficient (Wildman–Crippen LogP) is 11.8. The summed E-state index contributed by atoms with van der Waals surface area (Å²) in [4.78, 5) is 46.0. The Morgan fingerprint density at radius 3 is 1.27 bits per heavy atom. The van der Waals surface area contributed by atoms with Crippen LogP contribution in [0.4, 0.5) is 22.7 Å². The van der Waals surface area contributed by atoms with E-state index < -0.39 is 0 Å². The number of ether oxygens (including phenoxy) is 3. The normalized spacial score (nSPS) is 11.6. The van der Waals surface area contributed by atoms with E-state index in [0.717, 1.165) is 55.8 Å². The van der Waals surface area contributed by atoms with Crippen molar-refractivity contribution in [1.82, 2.24) is 39.9 Å². The van der Waals surface area contributed by atoms with Gasteiger partial charge in [-0.25, -0.2) is 0 Å². The van der Waals surface area contributed by atoms with E-state index in [9.17, 15) is 0 Å². The number of hydrogen-bond donors (Lipinski definition) is 3. The average Bonchev–Trinajstić information content (AvgIpc) is 4.29. The molecule has 0 amide bonds. The van der Waals surface area contributed by atoms with Crippen LogP contribution in [-0.2, 0) is 17.9 Å². The summed E-state index contributed by atoms with van der Waals surface area (Å²) in [5.41, 5.74) is 9.42. The molecule has 2 aliphatic heterocycles. The molecule has 12 rings (SSSR count). The van der Waals surface area contributed by atoms with E-state index in [1.54, 1.807) is 12.1 Å². The molecule has 80 heavy (non-hydrogen) atoms. The molecule has 0 unspecified atom stereocenters. The molecule has 0 atom stereocenters. The van der Waals surface area contributed by atoms with Crippen LogP contribution in [0.25, 0.3) is 84.7 Å². The first-order valence-electron chi connectivity index (χ1n) is 25.7. The second-order valence-electron chi connectivity index (χ2n) is 19.7. The molecule has 3 N–H and O–H groups in total. The van der Waals surface area contributed by atoms with Gasteiger partial charge in [-0.3, -0.25) is 0 Å². The van der Waals surface area contributed by atoms with Crippen LogP contribution in [-0.4, -0.2) is 106 Å². The van der Waals surface area contributed by atoms with Crippen molar-refractivity contribution in [3.05, 3.63) is 187 Å². The number of aromatic hydroxyl groups is 1. The second-order valence-corrected chi connectivity index (χ2v) is 21.1. The van der Waals surface area contributed by atoms with E-state index in [1.807, 2.05) is 234 Å². The molecule has 0 fully saturated rings. The third-order valence-electron chi connectivity index (χ3n) is 13.2. The van der Waals surface area contributed by atoms with Gasteiger partial charge in [0.15, 0.2) is 0 Å². The zero-order chi connectivity index (χ0) is 55.6. The fraction of sp³-hybridized carbons (Fsp3) is 0.127. The van der Waals surface area contributed by atoms with Crippen LogP contribution in [0.2, 0.25) is 0 Å². The molecule has 0 radical (unpaired) electrons. The molecule has 0 saturated heterocycles. The Balaban J connectivity index is 0.000000611. The van der Waals surface area contributed by atoms with Crippen molar-refractivity contribution in [2.75, 3.05) is 76.0 Å². The molecule has 7 aromatic carbocycles. The van der Waals surface area contributed by atoms with E-state index >= 15 is 0 Å². The van der Waals surface area contributed by atoms with Crippen LogP contribution in [0.1, 0.15) is 5.56 Å². The summed E-state index contributed by atoms with van der Waals surface area (Å²) in [7, 11) is 15.8. The van der Waals surface area contributed by atoms with E-state index in [0.29, 0.717) is 102 Å². The summed E-state index contributed by atoms with van der Waals surface area (Å²) in [6.07, 6.45) is 0. The summed E-state index contributed by atoms with van der Waals surface area (Å²) in [6.45, 7) is 0. The maximum absolute atomic E-state index is 9.04. The zero-order valence-electron chi connectivity index (χ0n) is 45.5. The van der Waals surface area contributed by atoms with Crippen LogP contribution in [0.5, 0.6) is 23.0 Å². The van der Waals surface area contributed by atoms with E-state index in [1.165, 1.54) is 0 Å². The van der Waals surface area contributed by atoms with Crippen LogP contribution < -0.4 is 33.8 Å². The third-order valence-corrected chi connectivity index (χ3v) is 14.2. The first-order valence-corrected chi connectivity index (χ1v) is 27.2. The maximum atomic E-state index is 9.04. The molecule has 16 nitrogen and oxygen atoms in total. The number of phenols is 1. The van der Waals surface area contributed by atoms with Gasteiger partial charge >= 0.3 is 386 Å². The Morgan fingerprint density at radius 1 is 0.425 bits per heavy atom. The van der Waals surface area contributed by atoms with Gasteiger partial charge in [0, 0.05) is 31.2 Å². The molecule has 17 heteroatoms. The molecular formula is C63H55N12O4Zn-. The minimum absolute atomic E-state index is 0.271. The van der Waals surface area contributed by atoms with Crippen LogP contribution in [0.15, 0.2) is 176 Å². The number of aromatic amines is 2. The number of anilines is 4. The number of nitrogens with one attached hydrogen (secondary N) is 2. The van der Waals surface area contributed by atoms with Gasteiger partial charge in [0.2, 0.25) is 0 Å². The number of hydrogen-bond acceptors (Lipinski definition) is 14. The van der Waals surface area contributed by atoms with Crippen LogP contribution in [0, 0.1) is 6.07 Å². The number of rotatable bonds is 12. The summed E-state index contributed by atoms with van der Waals surface area (Å²) >= 11 is 0.526. The van der Waals surface area contributed by atoms with Crippen molar-refractivity contribution in [2.45, 2.75) is 0 Å². The number of phenolic OH excluding ortho intramolecular Hbond substituents is 1. The zero-order valence-corrected chi connectivity index (χ0v) is 48.5. The molecule has 10 aromatic rings. The summed E-state index contributed by atoms with van der Waals surface area (Å²) in [5, 5.41) is 10.8. The Bertz CT molecular complexity index is 4210. The first-order chi connectivity index (χ1) is 38.7. The fourth-order valence-electron chi connectivity index (χ4n) is 9.07. The molecule has 3 aromatic heterocycles. The first kappa shape index (κ1) is 52.3. The minimum atomic E-state index is 0.271. The van der Waals surface area contributed by atoms with Gasteiger partial charge in [-0.2, -0.15) is 0 Å². The molecule has 5 heterocycles. The topological polar surface area (TPSA) is 170 Å². The Hall–Kier alpha value is -9.73. The number of benzene rings is 7. The predicted molar refractivity (Wildman–Crippen MR) is 316 cm³/mol. The van der Waals surface area contributed by atoms with Gasteiger partial charge < -0.3 is 10.0 Å². The van der Waals surface area contributed by atoms with Crippen molar-refractivity contribution in [1.29, 1.82) is 0 Å². The summed E-state index contributed by atoms with van der Waals surface area (Å²) in [6, 6.07) is 58.2. The third kappa shape index (κ3) is 11.0. The average molecular weight is 1110 g/mol. The molecule has 0 saturated carbocycles. The Labute approximate surface area is 472 Å². The number of fused-ring (bicyclic) bond motifs is 17. The van der Waals surface area contributed by atoms with Gasteiger partial charge in [0.05, 0.1) is 0 Å². The summed E-state index contributed by atoms with van der Waals surface area (Å²) in [5.74, 6) is 4.47. The van der Waals surface area contributed by atoms with Crippen molar-refractivity contribution in [2.24, 2.45) is 0 Å². The Kier molecular flexibility index (Phi) is 14.6. The second kappa shape index (κ2) is 22.3. The molecule has 8 bridgehead atoms. The molecule has 394 valence electrons. The quantitative estimate of drug-likeness (QED) is 0.0600. The Morgan fingerprint density at radius 2 is 0.825 bits per heavy atom. The van der Waals surface area contributed by atoms with Gasteiger partial charge in [-0.15, -0.1) is 0 Å². The van der Waals surface area contributed by atoms with Gasteiger partial charge in [0.1, 0.15) is 5.75 Å². The van der Waals surface area contributed by atoms with E-state index in [4.69, 9.17) is 49.2 Å². The van der Waals surface area contributed by atoms with E-state index in [2.05, 4.69) is 16.0 Å². The number of aromatic nitrogens is 8. The molecule has 0 spiro atoms. The monoisotopic (exact) mass is 1110 g/mol. The molecular weight excluding hydrogens is 1050 g/mol. The van der Waals surface area contributed by atoms with Gasteiger partial charge in [-0.05, 0) is 12.1 Å². The van der Waals surface area contributed by atoms with E-state index in [-0.39, 0.29) is 5.76 Å². The van der Waals surface area contributed by atoms with Crippen LogP contribution >= 0.6 is 0 Å². The number of H-pyrrole nitrogens is 2. The van der Waals surface area contributed by atoms with Gasteiger partial charge in [-0.1, -0.05) is 30.3 Å². The summed E-state index contributed by atoms with van der Waals surface area (Å²) < 4.78 is 21.6. The molecule has 0 aliphatic carbocycles. The van der Waals surface area contributed by atoms with Crippen molar-refractivity contribution < 1.29 is 37.2 Å². The van der Waals surface area contributed by atoms with Crippen molar-refractivity contribution >= 4 is 66.2 Å². The van der Waals surface area contributed by atoms with Gasteiger partial charge in [0.25, 0.3) is 0 Å². The van der Waals surface area contributed by atoms with Crippen LogP contribution in [0.3, 0.4) is 0 Å². The van der Waals surface area contributed by atoms with Crippen molar-refractivity contribution in [3.63, 3.8) is 0 Å². The molecule has 2 aliphatic rings. The van der Waals surface area contributed by atoms with Crippen molar-refractivity contribution in [3.8, 4) is 68.5 Å². The standard InChI is InChI=1S/C55H44N11O3.C8H11NO.Zn/c1-64(2)33-16-13-19-36(28-33)67-32-46(68-37-20-14-17-34(29-37)65(3)4)48(69-38-21-15-18-35(30-38)66(5)6)45-31-47-56-49-39-22-7-8-23-40(39)50(58-49)59-51-41-24-9-10-25-42(41)52(60-51)61-53-43-26-11-12-27-44(43)54(62-53)63-55(45)57-47;1-9(2)7-4-3-5-8(10)6-7;/h7-30H,1-6H3,(H2,56,57,58,59,60,61,62,63);3-6,10H,1-2H3;/q-1;;/b48-46-;;.